The first-order valence-corrected chi connectivity index (χ1v) is 12.1. The van der Waals surface area contributed by atoms with Crippen LogP contribution >= 0.6 is 0 Å². The number of imide groups is 1. The monoisotopic (exact) mass is 506 g/mol. The minimum absolute atomic E-state index is 0.0521. The molecule has 2 atom stereocenters. The molecular formula is C27H24F2N4O4. The molecule has 4 heterocycles. The number of carbonyl (C=O) groups is 3. The van der Waals surface area contributed by atoms with Crippen molar-refractivity contribution in [3.63, 3.8) is 0 Å². The number of rotatable bonds is 5. The van der Waals surface area contributed by atoms with E-state index in [1.807, 2.05) is 30.3 Å². The molecule has 2 fully saturated rings. The molecule has 1 aromatic heterocycles. The number of likely N-dealkylation sites (tertiary alicyclic amines) is 1. The van der Waals surface area contributed by atoms with Crippen LogP contribution in [0.4, 0.5) is 8.78 Å². The van der Waals surface area contributed by atoms with E-state index in [2.05, 4.69) is 10.3 Å². The van der Waals surface area contributed by atoms with Crippen molar-refractivity contribution in [1.29, 1.82) is 0 Å². The molecule has 0 aliphatic carbocycles. The normalized spacial score (nSPS) is 23.4. The highest BCUT2D eigenvalue weighted by molar-refractivity contribution is 6.05. The second-order valence-electron chi connectivity index (χ2n) is 9.79. The summed E-state index contributed by atoms with van der Waals surface area (Å²) in [5, 5.41) is 3.22. The Morgan fingerprint density at radius 3 is 2.81 bits per heavy atom. The van der Waals surface area contributed by atoms with E-state index in [-0.39, 0.29) is 43.5 Å². The van der Waals surface area contributed by atoms with Crippen LogP contribution in [0, 0.1) is 0 Å². The summed E-state index contributed by atoms with van der Waals surface area (Å²) in [4.78, 5) is 43.9. The fourth-order valence-corrected chi connectivity index (χ4v) is 5.35. The average molecular weight is 507 g/mol. The average Bonchev–Trinajstić information content (AvgIpc) is 3.33. The SMILES string of the molecule is O=C1CCC(N2Cc3cc(O[C@@H]4CN(Cc5ccc6ncccc6c5)CC4(F)F)ccc3C2=O)C(=O)N1. The lowest BCUT2D eigenvalue weighted by molar-refractivity contribution is -0.136. The van der Waals surface area contributed by atoms with Crippen molar-refractivity contribution < 1.29 is 27.9 Å². The maximum atomic E-state index is 14.9. The Labute approximate surface area is 211 Å². The summed E-state index contributed by atoms with van der Waals surface area (Å²) in [7, 11) is 0. The number of fused-ring (bicyclic) bond motifs is 2. The number of halogens is 2. The second kappa shape index (κ2) is 8.88. The van der Waals surface area contributed by atoms with Gasteiger partial charge in [-0.25, -0.2) is 8.78 Å². The van der Waals surface area contributed by atoms with Crippen molar-refractivity contribution in [1.82, 2.24) is 20.1 Å². The molecule has 3 amide bonds. The van der Waals surface area contributed by atoms with Gasteiger partial charge in [0, 0.05) is 43.2 Å². The highest BCUT2D eigenvalue weighted by Crippen LogP contribution is 2.35. The predicted octanol–water partition coefficient (Wildman–Crippen LogP) is 2.89. The molecule has 0 spiro atoms. The molecule has 0 saturated carbocycles. The van der Waals surface area contributed by atoms with E-state index in [1.165, 1.54) is 11.0 Å². The van der Waals surface area contributed by atoms with Gasteiger partial charge in [0.2, 0.25) is 11.8 Å². The Morgan fingerprint density at radius 2 is 1.97 bits per heavy atom. The standard InChI is InChI=1S/C27H24F2N4O4/c28-27(29)15-32(12-16-3-6-21-17(10-16)2-1-9-30-21)14-23(27)37-19-4-5-20-18(11-19)13-33(26(20)36)22-7-8-24(34)31-25(22)35/h1-6,9-11,22-23H,7-8,12-15H2,(H,31,34,35)/t22?,23-/m1/s1. The molecular weight excluding hydrogens is 482 g/mol. The van der Waals surface area contributed by atoms with E-state index in [9.17, 15) is 23.2 Å². The zero-order valence-electron chi connectivity index (χ0n) is 19.8. The molecule has 6 rings (SSSR count). The fraction of sp³-hybridized carbons (Fsp3) is 0.333. The number of benzene rings is 2. The lowest BCUT2D eigenvalue weighted by Crippen LogP contribution is -2.52. The zero-order chi connectivity index (χ0) is 25.7. The first kappa shape index (κ1) is 23.5. The van der Waals surface area contributed by atoms with Crippen molar-refractivity contribution in [2.24, 2.45) is 0 Å². The molecule has 8 nitrogen and oxygen atoms in total. The lowest BCUT2D eigenvalue weighted by Gasteiger charge is -2.29. The number of amides is 3. The molecule has 3 aliphatic rings. The molecule has 0 bridgehead atoms. The van der Waals surface area contributed by atoms with Crippen LogP contribution in [0.25, 0.3) is 10.9 Å². The van der Waals surface area contributed by atoms with Gasteiger partial charge in [0.15, 0.2) is 6.10 Å². The van der Waals surface area contributed by atoms with Crippen LogP contribution in [0.3, 0.4) is 0 Å². The third kappa shape index (κ3) is 4.42. The minimum atomic E-state index is -3.05. The van der Waals surface area contributed by atoms with Gasteiger partial charge in [0.05, 0.1) is 12.1 Å². The number of ether oxygens (including phenoxy) is 1. The number of pyridine rings is 1. The summed E-state index contributed by atoms with van der Waals surface area (Å²) in [6.45, 7) is 0.146. The van der Waals surface area contributed by atoms with Crippen molar-refractivity contribution in [3.05, 3.63) is 71.4 Å². The van der Waals surface area contributed by atoms with Crippen LogP contribution in [0.2, 0.25) is 0 Å². The maximum absolute atomic E-state index is 14.9. The van der Waals surface area contributed by atoms with Crippen molar-refractivity contribution in [2.75, 3.05) is 13.1 Å². The maximum Gasteiger partial charge on any atom is 0.297 e. The molecule has 37 heavy (non-hydrogen) atoms. The van der Waals surface area contributed by atoms with Gasteiger partial charge in [-0.1, -0.05) is 12.1 Å². The molecule has 0 radical (unpaired) electrons. The summed E-state index contributed by atoms with van der Waals surface area (Å²) in [6.07, 6.45) is 0.794. The predicted molar refractivity (Wildman–Crippen MR) is 129 cm³/mol. The van der Waals surface area contributed by atoms with Gasteiger partial charge in [-0.3, -0.25) is 29.6 Å². The minimum Gasteiger partial charge on any atom is -0.483 e. The highest BCUT2D eigenvalue weighted by Gasteiger charge is 2.50. The van der Waals surface area contributed by atoms with E-state index in [1.54, 1.807) is 23.2 Å². The molecule has 3 aliphatic heterocycles. The van der Waals surface area contributed by atoms with Crippen molar-refractivity contribution in [3.8, 4) is 5.75 Å². The Bertz CT molecular complexity index is 1430. The first-order chi connectivity index (χ1) is 17.8. The summed E-state index contributed by atoms with van der Waals surface area (Å²) in [6, 6.07) is 13.4. The summed E-state index contributed by atoms with van der Waals surface area (Å²) < 4.78 is 35.6. The number of hydrogen-bond donors (Lipinski definition) is 1. The molecule has 190 valence electrons. The number of carbonyl (C=O) groups excluding carboxylic acids is 3. The number of piperidine rings is 1. The Hall–Kier alpha value is -3.92. The van der Waals surface area contributed by atoms with Gasteiger partial charge in [-0.15, -0.1) is 0 Å². The van der Waals surface area contributed by atoms with Crippen LogP contribution < -0.4 is 10.1 Å². The first-order valence-electron chi connectivity index (χ1n) is 12.1. The van der Waals surface area contributed by atoms with Gasteiger partial charge >= 0.3 is 0 Å². The lowest BCUT2D eigenvalue weighted by atomic mass is 10.0. The Kier molecular flexibility index (Phi) is 5.63. The Balaban J connectivity index is 1.14. The van der Waals surface area contributed by atoms with E-state index < -0.39 is 30.5 Å². The van der Waals surface area contributed by atoms with Gasteiger partial charge in [0.1, 0.15) is 11.8 Å². The number of aromatic nitrogens is 1. The Morgan fingerprint density at radius 1 is 1.11 bits per heavy atom. The fourth-order valence-electron chi connectivity index (χ4n) is 5.35. The van der Waals surface area contributed by atoms with Crippen LogP contribution in [0.5, 0.6) is 5.75 Å². The van der Waals surface area contributed by atoms with Gasteiger partial charge in [0.25, 0.3) is 11.8 Å². The number of nitrogens with zero attached hydrogens (tertiary/aromatic N) is 3. The third-order valence-corrected chi connectivity index (χ3v) is 7.18. The van der Waals surface area contributed by atoms with Crippen molar-refractivity contribution in [2.45, 2.75) is 44.0 Å². The summed E-state index contributed by atoms with van der Waals surface area (Å²) in [5.74, 6) is -3.97. The van der Waals surface area contributed by atoms with Crippen LogP contribution in [-0.2, 0) is 22.7 Å². The number of nitrogens with one attached hydrogen (secondary N) is 1. The zero-order valence-corrected chi connectivity index (χ0v) is 19.8. The molecule has 1 N–H and O–H groups in total. The third-order valence-electron chi connectivity index (χ3n) is 7.18. The van der Waals surface area contributed by atoms with Crippen LogP contribution in [0.15, 0.2) is 54.7 Å². The summed E-state index contributed by atoms with van der Waals surface area (Å²) in [5.41, 5.74) is 2.78. The van der Waals surface area contributed by atoms with Crippen molar-refractivity contribution >= 4 is 28.6 Å². The van der Waals surface area contributed by atoms with Gasteiger partial charge in [-0.2, -0.15) is 0 Å². The number of alkyl halides is 2. The summed E-state index contributed by atoms with van der Waals surface area (Å²) >= 11 is 0. The topological polar surface area (TPSA) is 91.8 Å². The van der Waals surface area contributed by atoms with E-state index in [4.69, 9.17) is 4.74 Å². The highest BCUT2D eigenvalue weighted by atomic mass is 19.3. The van der Waals surface area contributed by atoms with E-state index in [0.717, 1.165) is 16.5 Å². The largest absolute Gasteiger partial charge is 0.483 e. The molecule has 2 aromatic carbocycles. The van der Waals surface area contributed by atoms with E-state index in [0.29, 0.717) is 17.7 Å². The van der Waals surface area contributed by atoms with Crippen LogP contribution in [0.1, 0.15) is 34.3 Å². The van der Waals surface area contributed by atoms with Gasteiger partial charge < -0.3 is 9.64 Å². The number of hydrogen-bond acceptors (Lipinski definition) is 6. The van der Waals surface area contributed by atoms with Gasteiger partial charge in [-0.05, 0) is 53.9 Å². The quantitative estimate of drug-likeness (QED) is 0.535. The molecule has 1 unspecified atom stereocenters. The smallest absolute Gasteiger partial charge is 0.297 e. The van der Waals surface area contributed by atoms with E-state index >= 15 is 0 Å². The van der Waals surface area contributed by atoms with Crippen LogP contribution in [-0.4, -0.2) is 63.7 Å². The molecule has 10 heteroatoms. The second-order valence-corrected chi connectivity index (χ2v) is 9.79. The molecule has 3 aromatic rings. The molecule has 2 saturated heterocycles.